The van der Waals surface area contributed by atoms with Crippen LogP contribution in [0, 0.1) is 5.92 Å². The third kappa shape index (κ3) is 3.27. The molecule has 6 heteroatoms. The number of likely N-dealkylation sites (tertiary alicyclic amines) is 1. The lowest BCUT2D eigenvalue weighted by molar-refractivity contribution is -0.152. The van der Waals surface area contributed by atoms with Gasteiger partial charge in [0, 0.05) is 12.6 Å². The fourth-order valence-corrected chi connectivity index (χ4v) is 4.17. The molecule has 2 saturated heterocycles. The number of nitrogens with zero attached hydrogens (tertiary/aromatic N) is 1. The van der Waals surface area contributed by atoms with Crippen LogP contribution in [0.3, 0.4) is 0 Å². The van der Waals surface area contributed by atoms with Gasteiger partial charge in [-0.25, -0.2) is 4.79 Å². The number of rotatable bonds is 5. The number of hydrogen-bond acceptors (Lipinski definition) is 4. The highest BCUT2D eigenvalue weighted by Gasteiger charge is 2.47. The molecule has 2 heterocycles. The summed E-state index contributed by atoms with van der Waals surface area (Å²) in [5.41, 5.74) is 0. The van der Waals surface area contributed by atoms with Crippen molar-refractivity contribution in [1.82, 2.24) is 4.90 Å². The molecule has 0 unspecified atom stereocenters. The maximum absolute atomic E-state index is 12.5. The number of hydrogen-bond donors (Lipinski definition) is 1. The normalized spacial score (nSPS) is 34.6. The molecular formula is C16H25NO5. The number of amides is 1. The zero-order valence-electron chi connectivity index (χ0n) is 12.9. The molecule has 6 nitrogen and oxygen atoms in total. The minimum Gasteiger partial charge on any atom is -0.480 e. The van der Waals surface area contributed by atoms with Crippen LogP contribution in [0.1, 0.15) is 44.9 Å². The van der Waals surface area contributed by atoms with Crippen molar-refractivity contribution < 1.29 is 24.2 Å². The second-order valence-corrected chi connectivity index (χ2v) is 6.65. The minimum atomic E-state index is -0.887. The summed E-state index contributed by atoms with van der Waals surface area (Å²) in [7, 11) is 0. The quantitative estimate of drug-likeness (QED) is 0.831. The fraction of sp³-hybridized carbons (Fsp3) is 0.875. The lowest BCUT2D eigenvalue weighted by Gasteiger charge is -2.33. The number of aliphatic carboxylic acids is 1. The average molecular weight is 311 g/mol. The van der Waals surface area contributed by atoms with Crippen molar-refractivity contribution in [2.24, 2.45) is 5.92 Å². The van der Waals surface area contributed by atoms with Crippen LogP contribution in [0.5, 0.6) is 0 Å². The van der Waals surface area contributed by atoms with E-state index in [-0.39, 0.29) is 24.7 Å². The van der Waals surface area contributed by atoms with Crippen molar-refractivity contribution in [3.8, 4) is 0 Å². The molecule has 0 spiro atoms. The van der Waals surface area contributed by atoms with Gasteiger partial charge < -0.3 is 19.5 Å². The van der Waals surface area contributed by atoms with E-state index in [1.54, 1.807) is 4.90 Å². The van der Waals surface area contributed by atoms with E-state index < -0.39 is 12.0 Å². The van der Waals surface area contributed by atoms with E-state index in [0.29, 0.717) is 18.9 Å². The lowest BCUT2D eigenvalue weighted by Crippen LogP contribution is -2.47. The first kappa shape index (κ1) is 15.7. The van der Waals surface area contributed by atoms with Gasteiger partial charge in [-0.3, -0.25) is 4.79 Å². The Labute approximate surface area is 130 Å². The highest BCUT2D eigenvalue weighted by molar-refractivity contribution is 5.85. The summed E-state index contributed by atoms with van der Waals surface area (Å²) in [5.74, 6) is -0.723. The molecule has 1 N–H and O–H groups in total. The molecule has 1 saturated carbocycles. The summed E-state index contributed by atoms with van der Waals surface area (Å²) < 4.78 is 11.0. The predicted molar refractivity (Wildman–Crippen MR) is 78.4 cm³/mol. The summed E-state index contributed by atoms with van der Waals surface area (Å²) in [5, 5.41) is 9.42. The maximum atomic E-state index is 12.5. The maximum Gasteiger partial charge on any atom is 0.326 e. The summed E-state index contributed by atoms with van der Waals surface area (Å²) in [6, 6.07) is -0.583. The number of ether oxygens (including phenoxy) is 2. The van der Waals surface area contributed by atoms with E-state index in [0.717, 1.165) is 45.1 Å². The van der Waals surface area contributed by atoms with Gasteiger partial charge >= 0.3 is 5.97 Å². The molecule has 2 aliphatic heterocycles. The van der Waals surface area contributed by atoms with Crippen LogP contribution in [0.4, 0.5) is 0 Å². The van der Waals surface area contributed by atoms with Gasteiger partial charge in [0.05, 0.1) is 12.7 Å². The number of carbonyl (C=O) groups is 2. The zero-order chi connectivity index (χ0) is 15.5. The molecule has 3 fully saturated rings. The monoisotopic (exact) mass is 311 g/mol. The first-order valence-corrected chi connectivity index (χ1v) is 8.40. The molecule has 0 radical (unpaired) electrons. The molecule has 0 aromatic heterocycles. The second kappa shape index (κ2) is 6.96. The SMILES string of the molecule is O=C(O)[C@@H]1C[C@@H]2CCCC[C@@H]2N1C(=O)COC[C@@H]1CCCO1. The lowest BCUT2D eigenvalue weighted by atomic mass is 9.85. The minimum absolute atomic E-state index is 0.0349. The summed E-state index contributed by atoms with van der Waals surface area (Å²) in [6.45, 7) is 1.15. The molecule has 22 heavy (non-hydrogen) atoms. The molecular weight excluding hydrogens is 286 g/mol. The van der Waals surface area contributed by atoms with Gasteiger partial charge in [0.15, 0.2) is 0 Å². The van der Waals surface area contributed by atoms with E-state index in [9.17, 15) is 14.7 Å². The van der Waals surface area contributed by atoms with Crippen molar-refractivity contribution >= 4 is 11.9 Å². The van der Waals surface area contributed by atoms with Gasteiger partial charge in [0.2, 0.25) is 5.91 Å². The number of carboxylic acid groups (broad SMARTS) is 1. The largest absolute Gasteiger partial charge is 0.480 e. The summed E-state index contributed by atoms with van der Waals surface area (Å²) in [6.07, 6.45) is 6.88. The Bertz CT molecular complexity index is 421. The third-order valence-electron chi connectivity index (χ3n) is 5.21. The van der Waals surface area contributed by atoms with Crippen LogP contribution in [0.2, 0.25) is 0 Å². The number of carboxylic acids is 1. The Morgan fingerprint density at radius 3 is 2.73 bits per heavy atom. The van der Waals surface area contributed by atoms with E-state index in [1.807, 2.05) is 0 Å². The van der Waals surface area contributed by atoms with Gasteiger partial charge in [0.25, 0.3) is 0 Å². The first-order valence-electron chi connectivity index (χ1n) is 8.40. The van der Waals surface area contributed by atoms with Crippen LogP contribution in [-0.4, -0.2) is 59.9 Å². The summed E-state index contributed by atoms with van der Waals surface area (Å²) in [4.78, 5) is 25.6. The van der Waals surface area contributed by atoms with Crippen LogP contribution < -0.4 is 0 Å². The van der Waals surface area contributed by atoms with Gasteiger partial charge in [-0.1, -0.05) is 12.8 Å². The topological polar surface area (TPSA) is 76.1 Å². The van der Waals surface area contributed by atoms with E-state index in [2.05, 4.69) is 0 Å². The van der Waals surface area contributed by atoms with E-state index in [1.165, 1.54) is 0 Å². The molecule has 0 aromatic carbocycles. The van der Waals surface area contributed by atoms with Gasteiger partial charge in [-0.2, -0.15) is 0 Å². The van der Waals surface area contributed by atoms with Gasteiger partial charge in [0.1, 0.15) is 12.6 Å². The van der Waals surface area contributed by atoms with E-state index in [4.69, 9.17) is 9.47 Å². The zero-order valence-corrected chi connectivity index (χ0v) is 12.9. The molecule has 0 aromatic rings. The van der Waals surface area contributed by atoms with Gasteiger partial charge in [-0.05, 0) is 38.0 Å². The Balaban J connectivity index is 1.56. The molecule has 4 atom stereocenters. The highest BCUT2D eigenvalue weighted by Crippen LogP contribution is 2.39. The van der Waals surface area contributed by atoms with Crippen LogP contribution in [-0.2, 0) is 19.1 Å². The number of fused-ring (bicyclic) bond motifs is 1. The van der Waals surface area contributed by atoms with Crippen LogP contribution in [0.15, 0.2) is 0 Å². The third-order valence-corrected chi connectivity index (χ3v) is 5.21. The van der Waals surface area contributed by atoms with Crippen LogP contribution in [0.25, 0.3) is 0 Å². The highest BCUT2D eigenvalue weighted by atomic mass is 16.5. The smallest absolute Gasteiger partial charge is 0.326 e. The first-order chi connectivity index (χ1) is 10.7. The average Bonchev–Trinajstić information content (AvgIpc) is 3.13. The molecule has 1 aliphatic carbocycles. The number of carbonyl (C=O) groups excluding carboxylic acids is 1. The second-order valence-electron chi connectivity index (χ2n) is 6.65. The van der Waals surface area contributed by atoms with Crippen LogP contribution >= 0.6 is 0 Å². The summed E-state index contributed by atoms with van der Waals surface area (Å²) >= 11 is 0. The van der Waals surface area contributed by atoms with Crippen molar-refractivity contribution in [2.75, 3.05) is 19.8 Å². The molecule has 0 bridgehead atoms. The molecule has 1 amide bonds. The van der Waals surface area contributed by atoms with Crippen molar-refractivity contribution in [1.29, 1.82) is 0 Å². The molecule has 124 valence electrons. The Morgan fingerprint density at radius 2 is 2.00 bits per heavy atom. The van der Waals surface area contributed by atoms with E-state index >= 15 is 0 Å². The van der Waals surface area contributed by atoms with Crippen molar-refractivity contribution in [3.63, 3.8) is 0 Å². The van der Waals surface area contributed by atoms with Gasteiger partial charge in [-0.15, -0.1) is 0 Å². The Morgan fingerprint density at radius 1 is 1.18 bits per heavy atom. The standard InChI is InChI=1S/C16H25NO5/c18-15(10-21-9-12-5-3-7-22-12)17-13-6-2-1-4-11(13)8-14(17)16(19)20/h11-14H,1-10H2,(H,19,20)/t11-,12-,13-,14-/m0/s1. The Hall–Kier alpha value is -1.14. The predicted octanol–water partition coefficient (Wildman–Crippen LogP) is 1.43. The molecule has 3 aliphatic rings. The Kier molecular flexibility index (Phi) is 4.98. The van der Waals surface area contributed by atoms with Crippen molar-refractivity contribution in [3.05, 3.63) is 0 Å². The van der Waals surface area contributed by atoms with Crippen molar-refractivity contribution in [2.45, 2.75) is 63.1 Å². The fourth-order valence-electron chi connectivity index (χ4n) is 4.17. The molecule has 3 rings (SSSR count).